The number of fused-ring (bicyclic) bond motifs is 1. The number of esters is 2. The zero-order valence-corrected chi connectivity index (χ0v) is 11.6. The fourth-order valence-corrected chi connectivity index (χ4v) is 3.25. The van der Waals surface area contributed by atoms with Crippen molar-refractivity contribution in [2.75, 3.05) is 14.2 Å². The molecule has 0 bridgehead atoms. The summed E-state index contributed by atoms with van der Waals surface area (Å²) in [4.78, 5) is 24.2. The average Bonchev–Trinajstić information content (AvgIpc) is 2.68. The fourth-order valence-electron chi connectivity index (χ4n) is 3.25. The Hall–Kier alpha value is -1.58. The monoisotopic (exact) mass is 264 g/mol. The highest BCUT2D eigenvalue weighted by molar-refractivity contribution is 6.00. The largest absolute Gasteiger partial charge is 0.468 e. The van der Waals surface area contributed by atoms with Crippen molar-refractivity contribution in [1.82, 2.24) is 0 Å². The molecule has 0 N–H and O–H groups in total. The number of carbonyl (C=O) groups excluding carboxylic acids is 2. The van der Waals surface area contributed by atoms with Crippen molar-refractivity contribution >= 4 is 11.9 Å². The van der Waals surface area contributed by atoms with E-state index in [0.29, 0.717) is 12.8 Å². The van der Waals surface area contributed by atoms with Gasteiger partial charge in [0, 0.05) is 0 Å². The van der Waals surface area contributed by atoms with Crippen LogP contribution in [-0.2, 0) is 19.1 Å². The van der Waals surface area contributed by atoms with E-state index in [9.17, 15) is 9.59 Å². The van der Waals surface area contributed by atoms with E-state index in [1.165, 1.54) is 19.8 Å². The van der Waals surface area contributed by atoms with Crippen LogP contribution in [0.3, 0.4) is 0 Å². The lowest BCUT2D eigenvalue weighted by molar-refractivity contribution is -0.168. The second-order valence-electron chi connectivity index (χ2n) is 5.45. The van der Waals surface area contributed by atoms with E-state index in [0.717, 1.165) is 6.42 Å². The number of carbonyl (C=O) groups is 2. The first-order valence-corrected chi connectivity index (χ1v) is 6.54. The highest BCUT2D eigenvalue weighted by Gasteiger charge is 2.56. The van der Waals surface area contributed by atoms with Gasteiger partial charge in [0.1, 0.15) is 0 Å². The second-order valence-corrected chi connectivity index (χ2v) is 5.45. The Morgan fingerprint density at radius 3 is 2.32 bits per heavy atom. The molecule has 1 saturated carbocycles. The number of rotatable bonds is 2. The predicted molar refractivity (Wildman–Crippen MR) is 70.2 cm³/mol. The van der Waals surface area contributed by atoms with Crippen LogP contribution in [0.5, 0.6) is 0 Å². The van der Waals surface area contributed by atoms with Crippen LogP contribution in [0, 0.1) is 17.3 Å². The van der Waals surface area contributed by atoms with Gasteiger partial charge in [-0.3, -0.25) is 9.59 Å². The summed E-state index contributed by atoms with van der Waals surface area (Å²) in [6, 6.07) is 0. The maximum Gasteiger partial charge on any atom is 0.323 e. The fraction of sp³-hybridized carbons (Fsp3) is 0.600. The summed E-state index contributed by atoms with van der Waals surface area (Å²) in [7, 11) is 2.64. The highest BCUT2D eigenvalue weighted by atomic mass is 16.5. The molecule has 0 aliphatic heterocycles. The third-order valence-electron chi connectivity index (χ3n) is 4.19. The Balaban J connectivity index is 2.35. The number of allylic oxidation sites excluding steroid dienone is 4. The van der Waals surface area contributed by atoms with Crippen molar-refractivity contribution in [2.45, 2.75) is 26.2 Å². The molecular weight excluding hydrogens is 244 g/mol. The summed E-state index contributed by atoms with van der Waals surface area (Å²) in [6.07, 6.45) is 8.29. The van der Waals surface area contributed by atoms with Crippen molar-refractivity contribution in [3.63, 3.8) is 0 Å². The lowest BCUT2D eigenvalue weighted by Gasteiger charge is -2.23. The summed E-state index contributed by atoms with van der Waals surface area (Å²) < 4.78 is 9.68. The van der Waals surface area contributed by atoms with Gasteiger partial charge in [-0.05, 0) is 38.0 Å². The standard InChI is InChI=1S/C15H20O4/c1-10-5-4-6-11-8-15(13(16)18-2,14(17)19-3)9-12(11)7-10/h4,6-7,11-12H,5,8-9H2,1-3H3/t11-,12-/m0/s1. The van der Waals surface area contributed by atoms with E-state index in [1.807, 2.05) is 0 Å². The Bertz CT molecular complexity index is 431. The van der Waals surface area contributed by atoms with Crippen molar-refractivity contribution in [2.24, 2.45) is 17.3 Å². The summed E-state index contributed by atoms with van der Waals surface area (Å²) in [5.41, 5.74) is 0.131. The molecule has 2 aliphatic rings. The topological polar surface area (TPSA) is 52.6 Å². The SMILES string of the molecule is COC(=O)C1(C(=O)OC)C[C@@H]2C=CCC(C)=C[C@H]2C1. The zero-order valence-electron chi connectivity index (χ0n) is 11.6. The molecule has 0 aromatic rings. The summed E-state index contributed by atoms with van der Waals surface area (Å²) >= 11 is 0. The van der Waals surface area contributed by atoms with Gasteiger partial charge in [-0.1, -0.05) is 23.8 Å². The van der Waals surface area contributed by atoms with Gasteiger partial charge >= 0.3 is 11.9 Å². The first kappa shape index (κ1) is 13.8. The molecule has 4 nitrogen and oxygen atoms in total. The normalized spacial score (nSPS) is 28.1. The Morgan fingerprint density at radius 1 is 1.16 bits per heavy atom. The molecule has 0 amide bonds. The molecular formula is C15H20O4. The van der Waals surface area contributed by atoms with Gasteiger partial charge < -0.3 is 9.47 Å². The van der Waals surface area contributed by atoms with Crippen molar-refractivity contribution in [3.8, 4) is 0 Å². The molecule has 0 spiro atoms. The summed E-state index contributed by atoms with van der Waals surface area (Å²) in [5.74, 6) is -0.550. The van der Waals surface area contributed by atoms with E-state index in [2.05, 4.69) is 25.2 Å². The van der Waals surface area contributed by atoms with E-state index >= 15 is 0 Å². The van der Waals surface area contributed by atoms with Crippen LogP contribution < -0.4 is 0 Å². The number of ether oxygens (including phenoxy) is 2. The van der Waals surface area contributed by atoms with Crippen LogP contribution in [0.15, 0.2) is 23.8 Å². The van der Waals surface area contributed by atoms with Gasteiger partial charge in [0.15, 0.2) is 5.41 Å². The molecule has 4 heteroatoms. The van der Waals surface area contributed by atoms with Gasteiger partial charge in [0.2, 0.25) is 0 Å². The first-order valence-electron chi connectivity index (χ1n) is 6.54. The van der Waals surface area contributed by atoms with Crippen LogP contribution in [0.1, 0.15) is 26.2 Å². The Kier molecular flexibility index (Phi) is 3.78. The molecule has 19 heavy (non-hydrogen) atoms. The van der Waals surface area contributed by atoms with Gasteiger partial charge in [-0.15, -0.1) is 0 Å². The maximum absolute atomic E-state index is 12.1. The Labute approximate surface area is 113 Å². The third kappa shape index (κ3) is 2.31. The maximum atomic E-state index is 12.1. The molecule has 104 valence electrons. The molecule has 0 saturated heterocycles. The molecule has 0 aromatic heterocycles. The minimum Gasteiger partial charge on any atom is -0.468 e. The third-order valence-corrected chi connectivity index (χ3v) is 4.19. The van der Waals surface area contributed by atoms with E-state index < -0.39 is 17.4 Å². The molecule has 2 rings (SSSR count). The van der Waals surface area contributed by atoms with Gasteiger partial charge in [-0.2, -0.15) is 0 Å². The Morgan fingerprint density at radius 2 is 1.74 bits per heavy atom. The number of hydrogen-bond acceptors (Lipinski definition) is 4. The molecule has 0 radical (unpaired) electrons. The van der Waals surface area contributed by atoms with E-state index in [-0.39, 0.29) is 11.8 Å². The van der Waals surface area contributed by atoms with Crippen molar-refractivity contribution < 1.29 is 19.1 Å². The molecule has 0 aromatic carbocycles. The lowest BCUT2D eigenvalue weighted by Crippen LogP contribution is -2.39. The van der Waals surface area contributed by atoms with Crippen LogP contribution >= 0.6 is 0 Å². The second kappa shape index (κ2) is 5.19. The van der Waals surface area contributed by atoms with Crippen molar-refractivity contribution in [1.29, 1.82) is 0 Å². The predicted octanol–water partition coefficient (Wildman–Crippen LogP) is 2.25. The molecule has 2 atom stereocenters. The number of methoxy groups -OCH3 is 2. The minimum atomic E-state index is -1.14. The van der Waals surface area contributed by atoms with Gasteiger partial charge in [-0.25, -0.2) is 0 Å². The van der Waals surface area contributed by atoms with Crippen LogP contribution in [-0.4, -0.2) is 26.2 Å². The first-order chi connectivity index (χ1) is 9.03. The van der Waals surface area contributed by atoms with Gasteiger partial charge in [0.05, 0.1) is 14.2 Å². The molecule has 1 fully saturated rings. The quantitative estimate of drug-likeness (QED) is 0.436. The summed E-state index contributed by atoms with van der Waals surface area (Å²) in [6.45, 7) is 2.07. The summed E-state index contributed by atoms with van der Waals surface area (Å²) in [5, 5.41) is 0. The smallest absolute Gasteiger partial charge is 0.323 e. The number of hydrogen-bond donors (Lipinski definition) is 0. The van der Waals surface area contributed by atoms with Crippen LogP contribution in [0.2, 0.25) is 0 Å². The molecule has 2 aliphatic carbocycles. The molecule has 0 heterocycles. The van der Waals surface area contributed by atoms with E-state index in [4.69, 9.17) is 9.47 Å². The van der Waals surface area contributed by atoms with E-state index in [1.54, 1.807) is 0 Å². The average molecular weight is 264 g/mol. The van der Waals surface area contributed by atoms with Crippen LogP contribution in [0.25, 0.3) is 0 Å². The lowest BCUT2D eigenvalue weighted by atomic mass is 9.84. The molecule has 0 unspecified atom stereocenters. The van der Waals surface area contributed by atoms with Gasteiger partial charge in [0.25, 0.3) is 0 Å². The van der Waals surface area contributed by atoms with Crippen molar-refractivity contribution in [3.05, 3.63) is 23.8 Å². The highest BCUT2D eigenvalue weighted by Crippen LogP contribution is 2.49. The minimum absolute atomic E-state index is 0.204. The zero-order chi connectivity index (χ0) is 14.0. The van der Waals surface area contributed by atoms with Crippen LogP contribution in [0.4, 0.5) is 0 Å².